The normalized spacial score (nSPS) is 21.9. The van der Waals surface area contributed by atoms with Gasteiger partial charge in [0.25, 0.3) is 0 Å². The summed E-state index contributed by atoms with van der Waals surface area (Å²) in [6.07, 6.45) is -1.31. The lowest BCUT2D eigenvalue weighted by molar-refractivity contribution is -0.133. The van der Waals surface area contributed by atoms with Gasteiger partial charge in [-0.25, -0.2) is 0 Å². The Balaban J connectivity index is 1.63. The van der Waals surface area contributed by atoms with Gasteiger partial charge in [-0.15, -0.1) is 0 Å². The Morgan fingerprint density at radius 2 is 1.65 bits per heavy atom. The molecule has 6 heteroatoms. The fourth-order valence-electron chi connectivity index (χ4n) is 2.92. The molecule has 0 spiro atoms. The maximum Gasteiger partial charge on any atom is 0.390 e. The van der Waals surface area contributed by atoms with E-state index in [4.69, 9.17) is 0 Å². The summed E-state index contributed by atoms with van der Waals surface area (Å²) in [5.41, 5.74) is 0.979. The lowest BCUT2D eigenvalue weighted by Crippen LogP contribution is -2.43. The van der Waals surface area contributed by atoms with Gasteiger partial charge in [0.15, 0.2) is 0 Å². The summed E-state index contributed by atoms with van der Waals surface area (Å²) in [6.45, 7) is -0.0286. The SMILES string of the molecule is O=C(Cc1ccccc1)N[C@H]1CC[C@H](NCCC(F)(F)F)CC1. The summed E-state index contributed by atoms with van der Waals surface area (Å²) >= 11 is 0. The van der Waals surface area contributed by atoms with E-state index < -0.39 is 12.6 Å². The van der Waals surface area contributed by atoms with Crippen LogP contribution in [-0.4, -0.2) is 30.7 Å². The highest BCUT2D eigenvalue weighted by atomic mass is 19.4. The largest absolute Gasteiger partial charge is 0.390 e. The fourth-order valence-corrected chi connectivity index (χ4v) is 2.92. The molecule has 0 unspecified atom stereocenters. The Morgan fingerprint density at radius 3 is 2.26 bits per heavy atom. The number of carbonyl (C=O) groups excluding carboxylic acids is 1. The zero-order valence-electron chi connectivity index (χ0n) is 13.0. The number of alkyl halides is 3. The number of hydrogen-bond acceptors (Lipinski definition) is 2. The summed E-state index contributed by atoms with van der Waals surface area (Å²) in [4.78, 5) is 12.0. The second-order valence-electron chi connectivity index (χ2n) is 6.10. The lowest BCUT2D eigenvalue weighted by Gasteiger charge is -2.30. The van der Waals surface area contributed by atoms with Gasteiger partial charge in [-0.1, -0.05) is 30.3 Å². The Bertz CT molecular complexity index is 482. The molecule has 1 fully saturated rings. The van der Waals surface area contributed by atoms with Crippen LogP contribution in [0, 0.1) is 0 Å². The molecule has 0 aliphatic heterocycles. The van der Waals surface area contributed by atoms with Crippen LogP contribution in [0.4, 0.5) is 13.2 Å². The zero-order valence-corrected chi connectivity index (χ0v) is 13.0. The minimum absolute atomic E-state index is 0.00433. The molecule has 1 saturated carbocycles. The van der Waals surface area contributed by atoms with E-state index in [1.165, 1.54) is 0 Å². The van der Waals surface area contributed by atoms with Crippen LogP contribution in [0.2, 0.25) is 0 Å². The molecule has 2 rings (SSSR count). The molecule has 128 valence electrons. The van der Waals surface area contributed by atoms with Gasteiger partial charge in [0.1, 0.15) is 0 Å². The van der Waals surface area contributed by atoms with Crippen molar-refractivity contribution in [3.63, 3.8) is 0 Å². The molecule has 0 saturated heterocycles. The molecule has 23 heavy (non-hydrogen) atoms. The van der Waals surface area contributed by atoms with Crippen LogP contribution < -0.4 is 10.6 Å². The molecule has 0 radical (unpaired) electrons. The van der Waals surface area contributed by atoms with E-state index >= 15 is 0 Å². The summed E-state index contributed by atoms with van der Waals surface area (Å²) in [7, 11) is 0. The minimum Gasteiger partial charge on any atom is -0.353 e. The average molecular weight is 328 g/mol. The van der Waals surface area contributed by atoms with E-state index in [1.807, 2.05) is 30.3 Å². The van der Waals surface area contributed by atoms with Crippen LogP contribution in [0.1, 0.15) is 37.7 Å². The van der Waals surface area contributed by atoms with Gasteiger partial charge in [0, 0.05) is 18.6 Å². The Morgan fingerprint density at radius 1 is 1.04 bits per heavy atom. The van der Waals surface area contributed by atoms with Crippen molar-refractivity contribution in [3.05, 3.63) is 35.9 Å². The van der Waals surface area contributed by atoms with Crippen molar-refractivity contribution in [2.24, 2.45) is 0 Å². The fraction of sp³-hybridized carbons (Fsp3) is 0.588. The van der Waals surface area contributed by atoms with Crippen LogP contribution in [0.3, 0.4) is 0 Å². The maximum atomic E-state index is 12.1. The number of benzene rings is 1. The molecular formula is C17H23F3N2O. The van der Waals surface area contributed by atoms with Crippen molar-refractivity contribution in [3.8, 4) is 0 Å². The highest BCUT2D eigenvalue weighted by molar-refractivity contribution is 5.78. The highest BCUT2D eigenvalue weighted by Crippen LogP contribution is 2.21. The van der Waals surface area contributed by atoms with E-state index in [9.17, 15) is 18.0 Å². The van der Waals surface area contributed by atoms with E-state index in [0.29, 0.717) is 6.42 Å². The maximum absolute atomic E-state index is 12.1. The van der Waals surface area contributed by atoms with Gasteiger partial charge in [0.2, 0.25) is 5.91 Å². The smallest absolute Gasteiger partial charge is 0.353 e. The summed E-state index contributed by atoms with van der Waals surface area (Å²) in [6, 6.07) is 9.81. The molecule has 0 bridgehead atoms. The molecule has 1 amide bonds. The third-order valence-electron chi connectivity index (χ3n) is 4.14. The molecule has 2 N–H and O–H groups in total. The molecule has 1 aliphatic carbocycles. The molecule has 1 aromatic carbocycles. The van der Waals surface area contributed by atoms with Crippen LogP contribution in [0.25, 0.3) is 0 Å². The number of halogens is 3. The van der Waals surface area contributed by atoms with E-state index in [2.05, 4.69) is 10.6 Å². The van der Waals surface area contributed by atoms with Crippen LogP contribution in [0.15, 0.2) is 30.3 Å². The monoisotopic (exact) mass is 328 g/mol. The summed E-state index contributed by atoms with van der Waals surface area (Å²) in [5.74, 6) is 0.00433. The topological polar surface area (TPSA) is 41.1 Å². The highest BCUT2D eigenvalue weighted by Gasteiger charge is 2.27. The first-order chi connectivity index (χ1) is 10.9. The van der Waals surface area contributed by atoms with Crippen molar-refractivity contribution in [1.29, 1.82) is 0 Å². The van der Waals surface area contributed by atoms with Crippen molar-refractivity contribution in [2.45, 2.75) is 56.8 Å². The molecule has 0 heterocycles. The Labute approximate surface area is 134 Å². The average Bonchev–Trinajstić information content (AvgIpc) is 2.49. The van der Waals surface area contributed by atoms with E-state index in [-0.39, 0.29) is 24.5 Å². The first kappa shape index (κ1) is 17.8. The van der Waals surface area contributed by atoms with Crippen molar-refractivity contribution < 1.29 is 18.0 Å². The second-order valence-corrected chi connectivity index (χ2v) is 6.10. The van der Waals surface area contributed by atoms with Gasteiger partial charge in [-0.2, -0.15) is 13.2 Å². The van der Waals surface area contributed by atoms with Crippen LogP contribution in [-0.2, 0) is 11.2 Å². The standard InChI is InChI=1S/C17H23F3N2O/c18-17(19,20)10-11-21-14-6-8-15(9-7-14)22-16(23)12-13-4-2-1-3-5-13/h1-5,14-15,21H,6-12H2,(H,22,23)/t14-,15-. The van der Waals surface area contributed by atoms with Crippen molar-refractivity contribution >= 4 is 5.91 Å². The minimum atomic E-state index is -4.10. The van der Waals surface area contributed by atoms with Crippen molar-refractivity contribution in [2.75, 3.05) is 6.54 Å². The summed E-state index contributed by atoms with van der Waals surface area (Å²) in [5, 5.41) is 5.98. The number of amides is 1. The lowest BCUT2D eigenvalue weighted by atomic mass is 9.91. The summed E-state index contributed by atoms with van der Waals surface area (Å²) < 4.78 is 36.3. The first-order valence-electron chi connectivity index (χ1n) is 8.06. The van der Waals surface area contributed by atoms with Crippen molar-refractivity contribution in [1.82, 2.24) is 10.6 Å². The number of rotatable bonds is 6. The van der Waals surface area contributed by atoms with Gasteiger partial charge < -0.3 is 10.6 Å². The number of hydrogen-bond donors (Lipinski definition) is 2. The molecule has 1 aliphatic rings. The predicted octanol–water partition coefficient (Wildman–Crippen LogP) is 3.20. The van der Waals surface area contributed by atoms with Gasteiger partial charge >= 0.3 is 6.18 Å². The second kappa shape index (κ2) is 8.34. The Kier molecular flexibility index (Phi) is 6.45. The first-order valence-corrected chi connectivity index (χ1v) is 8.06. The van der Waals surface area contributed by atoms with Gasteiger partial charge in [0.05, 0.1) is 12.8 Å². The van der Waals surface area contributed by atoms with Crippen LogP contribution >= 0.6 is 0 Å². The number of carbonyl (C=O) groups is 1. The van der Waals surface area contributed by atoms with Gasteiger partial charge in [-0.05, 0) is 31.2 Å². The number of nitrogens with one attached hydrogen (secondary N) is 2. The molecule has 1 aromatic rings. The predicted molar refractivity (Wildman–Crippen MR) is 83.0 cm³/mol. The molecule has 3 nitrogen and oxygen atoms in total. The van der Waals surface area contributed by atoms with E-state index in [1.54, 1.807) is 0 Å². The molecule has 0 aromatic heterocycles. The van der Waals surface area contributed by atoms with Crippen LogP contribution in [0.5, 0.6) is 0 Å². The zero-order chi connectivity index (χ0) is 16.7. The Hall–Kier alpha value is -1.56. The van der Waals surface area contributed by atoms with E-state index in [0.717, 1.165) is 31.2 Å². The quantitative estimate of drug-likeness (QED) is 0.842. The van der Waals surface area contributed by atoms with Gasteiger partial charge in [-0.3, -0.25) is 4.79 Å². The third-order valence-corrected chi connectivity index (χ3v) is 4.14. The third kappa shape index (κ3) is 7.03. The molecular weight excluding hydrogens is 305 g/mol. The molecule has 0 atom stereocenters.